The first-order valence-electron chi connectivity index (χ1n) is 10.5. The van der Waals surface area contributed by atoms with Gasteiger partial charge in [0.05, 0.1) is 45.8 Å². The van der Waals surface area contributed by atoms with Gasteiger partial charge in [0.25, 0.3) is 0 Å². The van der Waals surface area contributed by atoms with E-state index < -0.39 is 0 Å². The Hall–Kier alpha value is -2.97. The van der Waals surface area contributed by atoms with Crippen molar-refractivity contribution in [1.82, 2.24) is 10.2 Å². The molecule has 0 aliphatic carbocycles. The third-order valence-corrected chi connectivity index (χ3v) is 5.17. The molecule has 0 saturated carbocycles. The maximum atomic E-state index is 12.6. The molecule has 1 fully saturated rings. The SMILES string of the molecule is CCOc1ccc([C@H](CNC(=O)Nc2ccccc2OC)N2CCOCC2)cc1OC. The molecular formula is C23H31N3O5. The zero-order valence-electron chi connectivity index (χ0n) is 18.3. The molecule has 0 spiro atoms. The Kier molecular flexibility index (Phi) is 8.37. The molecule has 1 heterocycles. The molecule has 2 N–H and O–H groups in total. The summed E-state index contributed by atoms with van der Waals surface area (Å²) >= 11 is 0. The number of para-hydroxylation sites is 2. The van der Waals surface area contributed by atoms with Gasteiger partial charge in [-0.05, 0) is 36.8 Å². The maximum absolute atomic E-state index is 12.6. The van der Waals surface area contributed by atoms with Gasteiger partial charge in [-0.2, -0.15) is 0 Å². The van der Waals surface area contributed by atoms with Crippen LogP contribution >= 0.6 is 0 Å². The number of hydrogen-bond acceptors (Lipinski definition) is 6. The van der Waals surface area contributed by atoms with Crippen molar-refractivity contribution < 1.29 is 23.7 Å². The van der Waals surface area contributed by atoms with E-state index in [4.69, 9.17) is 18.9 Å². The first kappa shape index (κ1) is 22.7. The number of anilines is 1. The van der Waals surface area contributed by atoms with Gasteiger partial charge in [-0.25, -0.2) is 4.79 Å². The highest BCUT2D eigenvalue weighted by Gasteiger charge is 2.24. The summed E-state index contributed by atoms with van der Waals surface area (Å²) in [6.07, 6.45) is 0. The van der Waals surface area contributed by atoms with E-state index in [-0.39, 0.29) is 12.1 Å². The van der Waals surface area contributed by atoms with Crippen LogP contribution in [0.25, 0.3) is 0 Å². The lowest BCUT2D eigenvalue weighted by Gasteiger charge is -2.35. The van der Waals surface area contributed by atoms with Gasteiger partial charge in [0.1, 0.15) is 5.75 Å². The highest BCUT2D eigenvalue weighted by Crippen LogP contribution is 2.32. The van der Waals surface area contributed by atoms with Crippen LogP contribution in [-0.4, -0.2) is 64.6 Å². The summed E-state index contributed by atoms with van der Waals surface area (Å²) < 4.78 is 22.0. The largest absolute Gasteiger partial charge is 0.495 e. The minimum Gasteiger partial charge on any atom is -0.495 e. The van der Waals surface area contributed by atoms with Crippen molar-refractivity contribution in [2.45, 2.75) is 13.0 Å². The van der Waals surface area contributed by atoms with Crippen molar-refractivity contribution in [3.63, 3.8) is 0 Å². The Morgan fingerprint density at radius 2 is 1.81 bits per heavy atom. The zero-order chi connectivity index (χ0) is 22.1. The number of nitrogens with one attached hydrogen (secondary N) is 2. The van der Waals surface area contributed by atoms with Crippen LogP contribution in [0.2, 0.25) is 0 Å². The second-order valence-electron chi connectivity index (χ2n) is 7.04. The Balaban J connectivity index is 1.74. The normalized spacial score (nSPS) is 15.1. The number of carbonyl (C=O) groups excluding carboxylic acids is 1. The number of amides is 2. The van der Waals surface area contributed by atoms with Gasteiger partial charge in [0.15, 0.2) is 11.5 Å². The number of carbonyl (C=O) groups is 1. The van der Waals surface area contributed by atoms with E-state index in [2.05, 4.69) is 15.5 Å². The minimum atomic E-state index is -0.291. The van der Waals surface area contributed by atoms with Crippen LogP contribution in [-0.2, 0) is 4.74 Å². The molecule has 1 saturated heterocycles. The van der Waals surface area contributed by atoms with E-state index in [1.165, 1.54) is 0 Å². The Bertz CT molecular complexity index is 855. The van der Waals surface area contributed by atoms with Gasteiger partial charge in [-0.1, -0.05) is 18.2 Å². The molecule has 0 aromatic heterocycles. The second kappa shape index (κ2) is 11.4. The maximum Gasteiger partial charge on any atom is 0.319 e. The molecular weight excluding hydrogens is 398 g/mol. The summed E-state index contributed by atoms with van der Waals surface area (Å²) in [6, 6.07) is 12.9. The quantitative estimate of drug-likeness (QED) is 0.637. The van der Waals surface area contributed by atoms with Crippen molar-refractivity contribution >= 4 is 11.7 Å². The van der Waals surface area contributed by atoms with Gasteiger partial charge >= 0.3 is 6.03 Å². The number of ether oxygens (including phenoxy) is 4. The third-order valence-electron chi connectivity index (χ3n) is 5.17. The summed E-state index contributed by atoms with van der Waals surface area (Å²) in [4.78, 5) is 14.9. The van der Waals surface area contributed by atoms with E-state index in [9.17, 15) is 4.79 Å². The lowest BCUT2D eigenvalue weighted by molar-refractivity contribution is 0.0167. The molecule has 31 heavy (non-hydrogen) atoms. The van der Waals surface area contributed by atoms with Crippen LogP contribution in [0.3, 0.4) is 0 Å². The second-order valence-corrected chi connectivity index (χ2v) is 7.04. The number of hydrogen-bond donors (Lipinski definition) is 2. The summed E-state index contributed by atoms with van der Waals surface area (Å²) in [5, 5.41) is 5.85. The molecule has 2 aromatic rings. The topological polar surface area (TPSA) is 81.3 Å². The van der Waals surface area contributed by atoms with Crippen molar-refractivity contribution in [2.75, 3.05) is 59.0 Å². The fourth-order valence-corrected chi connectivity index (χ4v) is 3.62. The molecule has 1 aliphatic rings. The standard InChI is InChI=1S/C23H31N3O5/c1-4-31-21-10-9-17(15-22(21)29-3)19(26-11-13-30-14-12-26)16-24-23(27)25-18-7-5-6-8-20(18)28-2/h5-10,15,19H,4,11-14,16H2,1-3H3,(H2,24,25,27)/t19-/m0/s1. The lowest BCUT2D eigenvalue weighted by Crippen LogP contribution is -2.44. The minimum absolute atomic E-state index is 0.0307. The number of rotatable bonds is 9. The van der Waals surface area contributed by atoms with Crippen LogP contribution < -0.4 is 24.8 Å². The lowest BCUT2D eigenvalue weighted by atomic mass is 10.0. The fraction of sp³-hybridized carbons (Fsp3) is 0.435. The first-order valence-corrected chi connectivity index (χ1v) is 10.5. The molecule has 2 amide bonds. The van der Waals surface area contributed by atoms with Gasteiger partial charge in [-0.3, -0.25) is 4.90 Å². The molecule has 1 atom stereocenters. The van der Waals surface area contributed by atoms with E-state index >= 15 is 0 Å². The number of morpholine rings is 1. The zero-order valence-corrected chi connectivity index (χ0v) is 18.3. The molecule has 3 rings (SSSR count). The molecule has 2 aromatic carbocycles. The summed E-state index contributed by atoms with van der Waals surface area (Å²) in [5.41, 5.74) is 1.66. The molecule has 1 aliphatic heterocycles. The van der Waals surface area contributed by atoms with Crippen molar-refractivity contribution in [1.29, 1.82) is 0 Å². The van der Waals surface area contributed by atoms with Crippen molar-refractivity contribution in [3.8, 4) is 17.2 Å². The monoisotopic (exact) mass is 429 g/mol. The number of methoxy groups -OCH3 is 2. The molecule has 8 nitrogen and oxygen atoms in total. The van der Waals surface area contributed by atoms with Crippen LogP contribution in [0, 0.1) is 0 Å². The number of nitrogens with zero attached hydrogens (tertiary/aromatic N) is 1. The highest BCUT2D eigenvalue weighted by atomic mass is 16.5. The van der Waals surface area contributed by atoms with Crippen LogP contribution in [0.5, 0.6) is 17.2 Å². The predicted molar refractivity (Wildman–Crippen MR) is 119 cm³/mol. The molecule has 0 unspecified atom stereocenters. The predicted octanol–water partition coefficient (Wildman–Crippen LogP) is 3.30. The van der Waals surface area contributed by atoms with Crippen LogP contribution in [0.15, 0.2) is 42.5 Å². The van der Waals surface area contributed by atoms with Gasteiger partial charge in [-0.15, -0.1) is 0 Å². The molecule has 168 valence electrons. The molecule has 0 radical (unpaired) electrons. The Morgan fingerprint density at radius 1 is 1.06 bits per heavy atom. The van der Waals surface area contributed by atoms with Gasteiger partial charge in [0.2, 0.25) is 0 Å². The number of urea groups is 1. The summed E-state index contributed by atoms with van der Waals surface area (Å²) in [7, 11) is 3.20. The van der Waals surface area contributed by atoms with Crippen LogP contribution in [0.4, 0.5) is 10.5 Å². The van der Waals surface area contributed by atoms with Crippen molar-refractivity contribution in [3.05, 3.63) is 48.0 Å². The first-order chi connectivity index (χ1) is 15.2. The van der Waals surface area contributed by atoms with Gasteiger partial charge in [0, 0.05) is 19.6 Å². The fourth-order valence-electron chi connectivity index (χ4n) is 3.62. The van der Waals surface area contributed by atoms with Crippen molar-refractivity contribution in [2.24, 2.45) is 0 Å². The van der Waals surface area contributed by atoms with E-state index in [1.807, 2.05) is 37.3 Å². The van der Waals surface area contributed by atoms with Gasteiger partial charge < -0.3 is 29.6 Å². The van der Waals surface area contributed by atoms with E-state index in [0.717, 1.165) is 18.7 Å². The smallest absolute Gasteiger partial charge is 0.319 e. The summed E-state index contributed by atoms with van der Waals surface area (Å²) in [5.74, 6) is 1.99. The molecule has 0 bridgehead atoms. The highest BCUT2D eigenvalue weighted by molar-refractivity contribution is 5.90. The Morgan fingerprint density at radius 3 is 2.52 bits per heavy atom. The van der Waals surface area contributed by atoms with Crippen LogP contribution in [0.1, 0.15) is 18.5 Å². The molecule has 8 heteroatoms. The average Bonchev–Trinajstić information content (AvgIpc) is 2.81. The van der Waals surface area contributed by atoms with E-state index in [1.54, 1.807) is 26.4 Å². The summed E-state index contributed by atoms with van der Waals surface area (Å²) in [6.45, 7) is 5.84. The van der Waals surface area contributed by atoms with E-state index in [0.29, 0.717) is 49.3 Å². The Labute approximate surface area is 183 Å². The average molecular weight is 430 g/mol. The third kappa shape index (κ3) is 6.02. The number of benzene rings is 2.